The number of carbonyl (C=O) groups is 1. The van der Waals surface area contributed by atoms with Gasteiger partial charge >= 0.3 is 45.6 Å². The molecule has 0 saturated heterocycles. The van der Waals surface area contributed by atoms with E-state index in [1.165, 1.54) is 0 Å². The average molecular weight is 261 g/mol. The molecule has 0 fully saturated rings. The van der Waals surface area contributed by atoms with Gasteiger partial charge in [0.15, 0.2) is 0 Å². The van der Waals surface area contributed by atoms with Crippen LogP contribution >= 0.6 is 0 Å². The van der Waals surface area contributed by atoms with E-state index in [2.05, 4.69) is 9.50 Å². The van der Waals surface area contributed by atoms with Crippen LogP contribution in [0.1, 0.15) is 34.0 Å². The summed E-state index contributed by atoms with van der Waals surface area (Å²) >= 11 is 0. The molecular weight excluding hydrogens is 241 g/mol. The molecule has 0 unspecified atom stereocenters. The molecule has 16 heavy (non-hydrogen) atoms. The predicted octanol–water partition coefficient (Wildman–Crippen LogP) is -2.22. The minimum absolute atomic E-state index is 0. The van der Waals surface area contributed by atoms with Crippen LogP contribution in [0.25, 0.3) is 0 Å². The molecule has 0 rings (SSSR count). The minimum atomic E-state index is -3.69. The molecule has 0 aromatic heterocycles. The number of rotatable bonds is 8. The molecule has 5 nitrogen and oxygen atoms in total. The van der Waals surface area contributed by atoms with E-state index in [9.17, 15) is 13.2 Å². The van der Waals surface area contributed by atoms with Crippen molar-refractivity contribution in [1.82, 2.24) is 5.32 Å². The summed E-state index contributed by atoms with van der Waals surface area (Å²) in [4.78, 5) is 11.1. The van der Waals surface area contributed by atoms with Gasteiger partial charge in [0.25, 0.3) is 0 Å². The summed E-state index contributed by atoms with van der Waals surface area (Å²) in [6.07, 6.45) is 2.74. The number of unbranched alkanes of at least 4 members (excludes halogenated alkanes) is 2. The Morgan fingerprint density at radius 1 is 1.38 bits per heavy atom. The monoisotopic (exact) mass is 261 g/mol. The van der Waals surface area contributed by atoms with Gasteiger partial charge in [-0.15, -0.1) is 0 Å². The number of nitrogens with one attached hydrogen (secondary N) is 1. The molecule has 0 aliphatic heterocycles. The molecule has 0 aliphatic rings. The van der Waals surface area contributed by atoms with Gasteiger partial charge in [-0.2, -0.15) is 8.42 Å². The van der Waals surface area contributed by atoms with Crippen LogP contribution in [0.4, 0.5) is 0 Å². The second-order valence-electron chi connectivity index (χ2n) is 3.28. The maximum Gasteiger partial charge on any atom is 1.00 e. The van der Waals surface area contributed by atoms with Crippen LogP contribution in [0, 0.1) is 0 Å². The number of hydrogen-bond acceptors (Lipinski definition) is 5. The third-order valence-electron chi connectivity index (χ3n) is 1.81. The van der Waals surface area contributed by atoms with Crippen LogP contribution in [0.2, 0.25) is 0 Å². The molecule has 0 aliphatic carbocycles. The first-order chi connectivity index (χ1) is 7.02. The molecule has 0 saturated carbocycles. The summed E-state index contributed by atoms with van der Waals surface area (Å²) in [5.74, 6) is -0.831. The van der Waals surface area contributed by atoms with Crippen molar-refractivity contribution >= 4 is 16.1 Å². The van der Waals surface area contributed by atoms with Gasteiger partial charge in [-0.3, -0.25) is 4.79 Å². The summed E-state index contributed by atoms with van der Waals surface area (Å²) in [6.45, 7) is 2.29. The SMILES string of the molecule is CCCCCC(=O)OS(=O)(=O)CCNC.[H-].[Na+]. The zero-order valence-corrected chi connectivity index (χ0v) is 13.1. The summed E-state index contributed by atoms with van der Waals surface area (Å²) in [6, 6.07) is 0. The minimum Gasteiger partial charge on any atom is -1.00 e. The van der Waals surface area contributed by atoms with E-state index in [-0.39, 0.29) is 49.7 Å². The second kappa shape index (κ2) is 10.5. The van der Waals surface area contributed by atoms with Gasteiger partial charge in [0.05, 0.1) is 5.75 Å². The summed E-state index contributed by atoms with van der Waals surface area (Å²) < 4.78 is 26.7. The van der Waals surface area contributed by atoms with Crippen LogP contribution in [0.5, 0.6) is 0 Å². The van der Waals surface area contributed by atoms with Crippen molar-refractivity contribution in [3.05, 3.63) is 0 Å². The third kappa shape index (κ3) is 10.9. The molecule has 0 radical (unpaired) electrons. The fourth-order valence-electron chi connectivity index (χ4n) is 0.971. The Hall–Kier alpha value is 0.380. The number of hydrogen-bond donors (Lipinski definition) is 1. The van der Waals surface area contributed by atoms with Gasteiger partial charge in [0.2, 0.25) is 0 Å². The first kappa shape index (κ1) is 18.7. The number of carbonyl (C=O) groups excluding carboxylic acids is 1. The van der Waals surface area contributed by atoms with Crippen molar-refractivity contribution in [3.8, 4) is 0 Å². The van der Waals surface area contributed by atoms with E-state index in [1.807, 2.05) is 6.92 Å². The van der Waals surface area contributed by atoms with Gasteiger partial charge in [-0.1, -0.05) is 19.8 Å². The van der Waals surface area contributed by atoms with E-state index in [0.717, 1.165) is 12.8 Å². The predicted molar refractivity (Wildman–Crippen MR) is 59.1 cm³/mol. The fraction of sp³-hybridized carbons (Fsp3) is 0.889. The molecule has 0 bridgehead atoms. The van der Waals surface area contributed by atoms with Crippen molar-refractivity contribution in [3.63, 3.8) is 0 Å². The zero-order chi connectivity index (χ0) is 11.7. The molecular formula is C9H20NNaO4S. The fourth-order valence-corrected chi connectivity index (χ4v) is 1.88. The molecule has 1 N–H and O–H groups in total. The van der Waals surface area contributed by atoms with Crippen molar-refractivity contribution in [2.24, 2.45) is 0 Å². The van der Waals surface area contributed by atoms with Gasteiger partial charge in [0.1, 0.15) is 0 Å². The topological polar surface area (TPSA) is 72.5 Å². The largest absolute Gasteiger partial charge is 1.00 e. The van der Waals surface area contributed by atoms with Gasteiger partial charge < -0.3 is 10.9 Å². The normalized spacial score (nSPS) is 10.6. The van der Waals surface area contributed by atoms with E-state index in [0.29, 0.717) is 6.42 Å². The van der Waals surface area contributed by atoms with E-state index in [1.54, 1.807) is 7.05 Å². The molecule has 0 spiro atoms. The molecule has 92 valence electrons. The molecule has 0 aromatic carbocycles. The molecule has 0 atom stereocenters. The van der Waals surface area contributed by atoms with Crippen LogP contribution < -0.4 is 34.9 Å². The van der Waals surface area contributed by atoms with Gasteiger partial charge in [-0.05, 0) is 13.5 Å². The Balaban J connectivity index is -0.000000980. The quantitative estimate of drug-likeness (QED) is 0.304. The van der Waals surface area contributed by atoms with E-state index >= 15 is 0 Å². The van der Waals surface area contributed by atoms with Crippen molar-refractivity contribution in [2.75, 3.05) is 19.3 Å². The van der Waals surface area contributed by atoms with E-state index < -0.39 is 16.1 Å². The first-order valence-corrected chi connectivity index (χ1v) is 6.69. The summed E-state index contributed by atoms with van der Waals surface area (Å²) in [5.41, 5.74) is 0. The van der Waals surface area contributed by atoms with Gasteiger partial charge in [-0.25, -0.2) is 0 Å². The molecule has 0 amide bonds. The maximum absolute atomic E-state index is 11.1. The first-order valence-electron chi connectivity index (χ1n) is 5.11. The maximum atomic E-state index is 11.1. The molecule has 0 aromatic rings. The standard InChI is InChI=1S/C9H19NO4S.Na.H/c1-3-4-5-6-9(11)14-15(12,13)8-7-10-2;;/h10H,3-8H2,1-2H3;;/q;+1;-1. The van der Waals surface area contributed by atoms with Crippen LogP contribution in [-0.2, 0) is 19.1 Å². The Bertz CT molecular complexity index is 285. The van der Waals surface area contributed by atoms with Crippen molar-refractivity contribution in [2.45, 2.75) is 32.6 Å². The Kier molecular flexibility index (Phi) is 12.3. The molecule has 7 heteroatoms. The van der Waals surface area contributed by atoms with Crippen molar-refractivity contribution < 1.29 is 48.4 Å². The Morgan fingerprint density at radius 3 is 2.50 bits per heavy atom. The zero-order valence-electron chi connectivity index (χ0n) is 11.3. The van der Waals surface area contributed by atoms with Crippen LogP contribution in [-0.4, -0.2) is 33.7 Å². The summed E-state index contributed by atoms with van der Waals surface area (Å²) in [7, 11) is -2.05. The molecule has 0 heterocycles. The van der Waals surface area contributed by atoms with Crippen molar-refractivity contribution in [1.29, 1.82) is 0 Å². The van der Waals surface area contributed by atoms with Gasteiger partial charge in [0, 0.05) is 13.0 Å². The second-order valence-corrected chi connectivity index (χ2v) is 4.97. The van der Waals surface area contributed by atoms with Crippen LogP contribution in [0.3, 0.4) is 0 Å². The Labute approximate surface area is 121 Å². The average Bonchev–Trinajstić information content (AvgIpc) is 2.14. The van der Waals surface area contributed by atoms with E-state index in [4.69, 9.17) is 0 Å². The third-order valence-corrected chi connectivity index (χ3v) is 2.95. The Morgan fingerprint density at radius 2 is 2.00 bits per heavy atom. The summed E-state index contributed by atoms with van der Waals surface area (Å²) in [5, 5.41) is 2.68. The smallest absolute Gasteiger partial charge is 1.00 e. The van der Waals surface area contributed by atoms with Crippen LogP contribution in [0.15, 0.2) is 0 Å².